The fourth-order valence-electron chi connectivity index (χ4n) is 3.09. The van der Waals surface area contributed by atoms with Crippen molar-refractivity contribution >= 4 is 11.8 Å². The number of halogens is 1. The number of hydrogen-bond acceptors (Lipinski definition) is 5. The number of methoxy groups -OCH3 is 1. The minimum Gasteiger partial charge on any atom is -0.496 e. The van der Waals surface area contributed by atoms with Crippen molar-refractivity contribution in [1.82, 2.24) is 20.2 Å². The van der Waals surface area contributed by atoms with Crippen LogP contribution in [-0.4, -0.2) is 60.7 Å². The summed E-state index contributed by atoms with van der Waals surface area (Å²) in [6.07, 6.45) is 1.47. The molecule has 2 amide bonds. The molecule has 1 aliphatic heterocycles. The minimum absolute atomic E-state index is 0.0266. The van der Waals surface area contributed by atoms with Crippen LogP contribution in [0.5, 0.6) is 5.75 Å². The van der Waals surface area contributed by atoms with E-state index in [-0.39, 0.29) is 11.8 Å². The molecule has 0 saturated carbocycles. The van der Waals surface area contributed by atoms with Crippen molar-refractivity contribution in [3.8, 4) is 17.0 Å². The lowest BCUT2D eigenvalue weighted by Gasteiger charge is -2.35. The molecule has 8 heteroatoms. The van der Waals surface area contributed by atoms with E-state index in [4.69, 9.17) is 4.74 Å². The highest BCUT2D eigenvalue weighted by Crippen LogP contribution is 2.30. The van der Waals surface area contributed by atoms with Crippen LogP contribution in [0.1, 0.15) is 13.8 Å². The van der Waals surface area contributed by atoms with Crippen molar-refractivity contribution in [2.24, 2.45) is 5.92 Å². The smallest absolute Gasteiger partial charge is 0.317 e. The minimum atomic E-state index is -0.350. The number of nitrogens with zero attached hydrogens (tertiary/aromatic N) is 4. The first-order valence-electron chi connectivity index (χ1n) is 9.41. The lowest BCUT2D eigenvalue weighted by Crippen LogP contribution is -2.52. The summed E-state index contributed by atoms with van der Waals surface area (Å²) in [6.45, 7) is 7.39. The van der Waals surface area contributed by atoms with Crippen LogP contribution in [0.15, 0.2) is 30.6 Å². The van der Waals surface area contributed by atoms with E-state index < -0.39 is 0 Å². The number of benzene rings is 1. The average Bonchev–Trinajstić information content (AvgIpc) is 2.72. The van der Waals surface area contributed by atoms with Gasteiger partial charge in [-0.2, -0.15) is 0 Å². The lowest BCUT2D eigenvalue weighted by atomic mass is 10.1. The molecule has 150 valence electrons. The molecule has 0 aliphatic carbocycles. The Balaban J connectivity index is 1.69. The summed E-state index contributed by atoms with van der Waals surface area (Å²) < 4.78 is 19.0. The van der Waals surface area contributed by atoms with Crippen molar-refractivity contribution in [3.05, 3.63) is 36.4 Å². The average molecular weight is 387 g/mol. The molecule has 28 heavy (non-hydrogen) atoms. The Morgan fingerprint density at radius 1 is 1.21 bits per heavy atom. The van der Waals surface area contributed by atoms with Gasteiger partial charge in [-0.15, -0.1) is 0 Å². The van der Waals surface area contributed by atoms with Gasteiger partial charge in [0.2, 0.25) is 0 Å². The number of nitrogens with one attached hydrogen (secondary N) is 1. The second-order valence-corrected chi connectivity index (χ2v) is 7.16. The molecule has 1 aromatic heterocycles. The maximum Gasteiger partial charge on any atom is 0.317 e. The van der Waals surface area contributed by atoms with E-state index >= 15 is 0 Å². The van der Waals surface area contributed by atoms with Crippen LogP contribution in [0.2, 0.25) is 0 Å². The summed E-state index contributed by atoms with van der Waals surface area (Å²) >= 11 is 0. The fourth-order valence-corrected chi connectivity index (χ4v) is 3.09. The molecule has 1 N–H and O–H groups in total. The molecule has 7 nitrogen and oxygen atoms in total. The van der Waals surface area contributed by atoms with Gasteiger partial charge in [0.25, 0.3) is 0 Å². The third-order valence-corrected chi connectivity index (χ3v) is 4.64. The molecule has 0 unspecified atom stereocenters. The van der Waals surface area contributed by atoms with Crippen LogP contribution in [0.3, 0.4) is 0 Å². The highest BCUT2D eigenvalue weighted by atomic mass is 19.1. The highest BCUT2D eigenvalue weighted by molar-refractivity contribution is 5.74. The Morgan fingerprint density at radius 2 is 1.96 bits per heavy atom. The van der Waals surface area contributed by atoms with Gasteiger partial charge in [0, 0.05) is 44.4 Å². The molecule has 0 bridgehead atoms. The van der Waals surface area contributed by atoms with Gasteiger partial charge in [0.15, 0.2) is 0 Å². The van der Waals surface area contributed by atoms with Crippen molar-refractivity contribution in [3.63, 3.8) is 0 Å². The van der Waals surface area contributed by atoms with Crippen LogP contribution in [0.25, 0.3) is 11.3 Å². The predicted octanol–water partition coefficient (Wildman–Crippen LogP) is 2.78. The van der Waals surface area contributed by atoms with E-state index in [9.17, 15) is 9.18 Å². The summed E-state index contributed by atoms with van der Waals surface area (Å²) in [5.74, 6) is 1.37. The van der Waals surface area contributed by atoms with Crippen LogP contribution < -0.4 is 15.0 Å². The van der Waals surface area contributed by atoms with Gasteiger partial charge in [0.05, 0.1) is 12.8 Å². The first-order valence-corrected chi connectivity index (χ1v) is 9.41. The van der Waals surface area contributed by atoms with Crippen molar-refractivity contribution in [2.75, 3.05) is 44.7 Å². The zero-order chi connectivity index (χ0) is 20.1. The van der Waals surface area contributed by atoms with Crippen molar-refractivity contribution in [1.29, 1.82) is 0 Å². The maximum absolute atomic E-state index is 13.7. The Bertz CT molecular complexity index is 822. The molecule has 3 rings (SSSR count). The normalized spacial score (nSPS) is 14.3. The highest BCUT2D eigenvalue weighted by Gasteiger charge is 2.22. The number of anilines is 1. The van der Waals surface area contributed by atoms with Crippen LogP contribution >= 0.6 is 0 Å². The molecule has 1 saturated heterocycles. The first kappa shape index (κ1) is 19.9. The quantitative estimate of drug-likeness (QED) is 0.854. The third-order valence-electron chi connectivity index (χ3n) is 4.64. The van der Waals surface area contributed by atoms with Gasteiger partial charge < -0.3 is 19.9 Å². The summed E-state index contributed by atoms with van der Waals surface area (Å²) in [5.41, 5.74) is 1.18. The maximum atomic E-state index is 13.7. The number of rotatable bonds is 5. The molecule has 0 spiro atoms. The van der Waals surface area contributed by atoms with Crippen molar-refractivity contribution < 1.29 is 13.9 Å². The number of urea groups is 1. The fraction of sp³-hybridized carbons (Fsp3) is 0.450. The largest absolute Gasteiger partial charge is 0.496 e. The van der Waals surface area contributed by atoms with Gasteiger partial charge >= 0.3 is 6.03 Å². The second-order valence-electron chi connectivity index (χ2n) is 7.16. The lowest BCUT2D eigenvalue weighted by molar-refractivity contribution is 0.193. The zero-order valence-corrected chi connectivity index (χ0v) is 16.5. The summed E-state index contributed by atoms with van der Waals surface area (Å²) in [6, 6.07) is 6.14. The standard InChI is InChI=1S/C20H26FN5O2/c1-14(2)12-22-20(27)26-8-6-25(7-9-26)19-11-17(23-13-24-19)16-10-15(21)4-5-18(16)28-3/h4-5,10-11,13-14H,6-9,12H2,1-3H3,(H,22,27). The first-order chi connectivity index (χ1) is 13.5. The summed E-state index contributed by atoms with van der Waals surface area (Å²) in [4.78, 5) is 24.8. The van der Waals surface area contributed by atoms with Crippen molar-refractivity contribution in [2.45, 2.75) is 13.8 Å². The van der Waals surface area contributed by atoms with Gasteiger partial charge in [-0.05, 0) is 24.1 Å². The number of carbonyl (C=O) groups excluding carboxylic acids is 1. The van der Waals surface area contributed by atoms with Gasteiger partial charge in [0.1, 0.15) is 23.7 Å². The molecule has 2 heterocycles. The Labute approximate surface area is 164 Å². The Kier molecular flexibility index (Phi) is 6.28. The molecular formula is C20H26FN5O2. The number of ether oxygens (including phenoxy) is 1. The van der Waals surface area contributed by atoms with E-state index in [1.54, 1.807) is 13.2 Å². The number of carbonyl (C=O) groups is 1. The van der Waals surface area contributed by atoms with Gasteiger partial charge in [-0.25, -0.2) is 19.2 Å². The van der Waals surface area contributed by atoms with E-state index in [0.717, 1.165) is 5.82 Å². The molecule has 1 fully saturated rings. The monoisotopic (exact) mass is 387 g/mol. The molecular weight excluding hydrogens is 361 g/mol. The van der Waals surface area contributed by atoms with Crippen LogP contribution in [0, 0.1) is 11.7 Å². The molecule has 0 atom stereocenters. The number of hydrogen-bond donors (Lipinski definition) is 1. The molecule has 0 radical (unpaired) electrons. The zero-order valence-electron chi connectivity index (χ0n) is 16.5. The SMILES string of the molecule is COc1ccc(F)cc1-c1cc(N2CCN(C(=O)NCC(C)C)CC2)ncn1. The Morgan fingerprint density at radius 3 is 2.64 bits per heavy atom. The van der Waals surface area contributed by atoms with Crippen LogP contribution in [-0.2, 0) is 0 Å². The number of aromatic nitrogens is 2. The van der Waals surface area contributed by atoms with E-state index in [1.165, 1.54) is 18.5 Å². The molecule has 2 aromatic rings. The number of piperazine rings is 1. The molecule has 1 aromatic carbocycles. The molecule has 1 aliphatic rings. The second kappa shape index (κ2) is 8.86. The van der Waals surface area contributed by atoms with Gasteiger partial charge in [-0.1, -0.05) is 13.8 Å². The van der Waals surface area contributed by atoms with E-state index in [2.05, 4.69) is 34.0 Å². The Hall–Kier alpha value is -2.90. The topological polar surface area (TPSA) is 70.6 Å². The third kappa shape index (κ3) is 4.68. The van der Waals surface area contributed by atoms with E-state index in [0.29, 0.717) is 55.6 Å². The van der Waals surface area contributed by atoms with E-state index in [1.807, 2.05) is 11.0 Å². The number of amides is 2. The van der Waals surface area contributed by atoms with Gasteiger partial charge in [-0.3, -0.25) is 0 Å². The summed E-state index contributed by atoms with van der Waals surface area (Å²) in [7, 11) is 1.54. The van der Waals surface area contributed by atoms with Crippen LogP contribution in [0.4, 0.5) is 15.0 Å². The predicted molar refractivity (Wildman–Crippen MR) is 106 cm³/mol. The summed E-state index contributed by atoms with van der Waals surface area (Å²) in [5, 5.41) is 2.95.